The molecule has 0 radical (unpaired) electrons. The van der Waals surface area contributed by atoms with Crippen LogP contribution in [0.4, 0.5) is 26.1 Å². The van der Waals surface area contributed by atoms with Crippen molar-refractivity contribution in [2.24, 2.45) is 0 Å². The van der Waals surface area contributed by atoms with Gasteiger partial charge in [0.25, 0.3) is 0 Å². The van der Waals surface area contributed by atoms with Crippen LogP contribution in [0.2, 0.25) is 0 Å². The van der Waals surface area contributed by atoms with Crippen molar-refractivity contribution in [3.05, 3.63) is 0 Å². The van der Waals surface area contributed by atoms with Crippen LogP contribution in [0, 0.1) is 0 Å². The molecular formula is C5H9BF6KN. The van der Waals surface area contributed by atoms with Crippen molar-refractivity contribution in [2.45, 2.75) is 12.6 Å². The predicted molar refractivity (Wildman–Crippen MR) is 37.2 cm³/mol. The first kappa shape index (κ1) is 17.6. The predicted octanol–water partition coefficient (Wildman–Crippen LogP) is -0.739. The third-order valence-electron chi connectivity index (χ3n) is 1.30. The topological polar surface area (TPSA) is 3.24 Å². The van der Waals surface area contributed by atoms with Crippen LogP contribution in [0.5, 0.6) is 0 Å². The van der Waals surface area contributed by atoms with Crippen LogP contribution in [0.25, 0.3) is 0 Å². The van der Waals surface area contributed by atoms with Crippen molar-refractivity contribution in [2.75, 3.05) is 20.0 Å². The molecule has 0 aromatic heterocycles. The maximum Gasteiger partial charge on any atom is 1.00 e. The van der Waals surface area contributed by atoms with Crippen molar-refractivity contribution in [3.8, 4) is 0 Å². The summed E-state index contributed by atoms with van der Waals surface area (Å²) in [6, 6.07) is 0. The summed E-state index contributed by atoms with van der Waals surface area (Å²) < 4.78 is 69.6. The van der Waals surface area contributed by atoms with Gasteiger partial charge in [-0.2, -0.15) is 13.2 Å². The largest absolute Gasteiger partial charge is 1.00 e. The van der Waals surface area contributed by atoms with E-state index in [4.69, 9.17) is 0 Å². The van der Waals surface area contributed by atoms with E-state index >= 15 is 0 Å². The molecule has 0 saturated heterocycles. The SMILES string of the molecule is CN(CCC(F)(F)F)C[B-](F)(F)F.[K+]. The Kier molecular flexibility index (Phi) is 8.49. The second-order valence-electron chi connectivity index (χ2n) is 2.84. The first-order chi connectivity index (χ1) is 5.60. The van der Waals surface area contributed by atoms with Gasteiger partial charge in [-0.1, -0.05) is 0 Å². The van der Waals surface area contributed by atoms with Gasteiger partial charge in [-0.05, 0) is 13.5 Å². The van der Waals surface area contributed by atoms with E-state index in [1.165, 1.54) is 0 Å². The van der Waals surface area contributed by atoms with Crippen molar-refractivity contribution < 1.29 is 77.5 Å². The Morgan fingerprint density at radius 2 is 1.57 bits per heavy atom. The van der Waals surface area contributed by atoms with Crippen molar-refractivity contribution >= 4 is 6.98 Å². The van der Waals surface area contributed by atoms with Gasteiger partial charge < -0.3 is 17.8 Å². The van der Waals surface area contributed by atoms with E-state index < -0.39 is 32.6 Å². The molecule has 0 unspecified atom stereocenters. The van der Waals surface area contributed by atoms with Crippen LogP contribution in [0.1, 0.15) is 6.42 Å². The molecule has 1 nitrogen and oxygen atoms in total. The summed E-state index contributed by atoms with van der Waals surface area (Å²) in [4.78, 5) is 0.619. The van der Waals surface area contributed by atoms with Gasteiger partial charge >= 0.3 is 64.5 Å². The second-order valence-corrected chi connectivity index (χ2v) is 2.84. The summed E-state index contributed by atoms with van der Waals surface area (Å²) in [5.41, 5.74) is 0. The Hall–Kier alpha value is 1.24. The molecule has 0 heterocycles. The van der Waals surface area contributed by atoms with E-state index in [0.29, 0.717) is 4.90 Å². The van der Waals surface area contributed by atoms with Gasteiger partial charge in [-0.15, -0.1) is 0 Å². The maximum atomic E-state index is 11.7. The van der Waals surface area contributed by atoms with E-state index in [9.17, 15) is 26.1 Å². The summed E-state index contributed by atoms with van der Waals surface area (Å²) >= 11 is 0. The van der Waals surface area contributed by atoms with E-state index in [2.05, 4.69) is 0 Å². The molecule has 0 N–H and O–H groups in total. The summed E-state index contributed by atoms with van der Waals surface area (Å²) in [5.74, 6) is 0. The molecule has 9 heteroatoms. The first-order valence-electron chi connectivity index (χ1n) is 3.56. The van der Waals surface area contributed by atoms with Crippen LogP contribution in [-0.2, 0) is 0 Å². The molecule has 0 aromatic carbocycles. The molecule has 0 aliphatic carbocycles. The zero-order valence-corrected chi connectivity index (χ0v) is 11.0. The normalized spacial score (nSPS) is 12.9. The van der Waals surface area contributed by atoms with Crippen LogP contribution in [0.3, 0.4) is 0 Å². The van der Waals surface area contributed by atoms with E-state index in [-0.39, 0.29) is 51.4 Å². The molecular weight excluding hydrogens is 238 g/mol. The standard InChI is InChI=1S/C5H9BF6N.K/c1-13(4-6(10,11)12)3-2-5(7,8)9;/h2-4H2,1H3;/q-1;+1. The zero-order chi connectivity index (χ0) is 10.7. The molecule has 0 aliphatic rings. The fraction of sp³-hybridized carbons (Fsp3) is 1.00. The van der Waals surface area contributed by atoms with Crippen LogP contribution < -0.4 is 51.4 Å². The Labute approximate surface area is 121 Å². The first-order valence-corrected chi connectivity index (χ1v) is 3.56. The van der Waals surface area contributed by atoms with Gasteiger partial charge in [0.05, 0.1) is 6.42 Å². The molecule has 80 valence electrons. The molecule has 0 rings (SSSR count). The van der Waals surface area contributed by atoms with Crippen molar-refractivity contribution in [3.63, 3.8) is 0 Å². The number of hydrogen-bond acceptors (Lipinski definition) is 1. The smallest absolute Gasteiger partial charge is 0.448 e. The Morgan fingerprint density at radius 3 is 1.86 bits per heavy atom. The third kappa shape index (κ3) is 13.2. The average Bonchev–Trinajstić information content (AvgIpc) is 1.78. The van der Waals surface area contributed by atoms with E-state index in [1.54, 1.807) is 0 Å². The molecule has 0 fully saturated rings. The summed E-state index contributed by atoms with van der Waals surface area (Å²) in [6.07, 6.45) is -6.86. The minimum Gasteiger partial charge on any atom is -0.448 e. The van der Waals surface area contributed by atoms with Gasteiger partial charge in [0, 0.05) is 6.54 Å². The van der Waals surface area contributed by atoms with E-state index in [0.717, 1.165) is 7.05 Å². The van der Waals surface area contributed by atoms with Crippen molar-refractivity contribution in [1.29, 1.82) is 0 Å². The second kappa shape index (κ2) is 6.74. The monoisotopic (exact) mass is 247 g/mol. The van der Waals surface area contributed by atoms with Crippen LogP contribution in [-0.4, -0.2) is 38.1 Å². The average molecular weight is 247 g/mol. The molecule has 0 saturated carbocycles. The Balaban J connectivity index is 0. The molecule has 0 aliphatic heterocycles. The summed E-state index contributed by atoms with van der Waals surface area (Å²) in [6.45, 7) is -5.66. The van der Waals surface area contributed by atoms with Crippen LogP contribution >= 0.6 is 0 Å². The number of alkyl halides is 3. The summed E-state index contributed by atoms with van der Waals surface area (Å²) in [5, 5.41) is 0. The molecule has 0 bridgehead atoms. The molecule has 14 heavy (non-hydrogen) atoms. The van der Waals surface area contributed by atoms with Gasteiger partial charge in [0.15, 0.2) is 0 Å². The number of hydrogen-bond donors (Lipinski definition) is 0. The number of rotatable bonds is 4. The summed E-state index contributed by atoms with van der Waals surface area (Å²) in [7, 11) is 1.01. The van der Waals surface area contributed by atoms with Gasteiger partial charge in [0.2, 0.25) is 0 Å². The third-order valence-corrected chi connectivity index (χ3v) is 1.30. The maximum absolute atomic E-state index is 11.7. The van der Waals surface area contributed by atoms with Gasteiger partial charge in [0.1, 0.15) is 0 Å². The molecule has 0 amide bonds. The number of nitrogens with zero attached hydrogens (tertiary/aromatic N) is 1. The molecule has 0 spiro atoms. The van der Waals surface area contributed by atoms with Crippen LogP contribution in [0.15, 0.2) is 0 Å². The van der Waals surface area contributed by atoms with Crippen molar-refractivity contribution in [1.82, 2.24) is 4.90 Å². The minimum absolute atomic E-state index is 0. The molecule has 0 atom stereocenters. The fourth-order valence-electron chi connectivity index (χ4n) is 0.762. The quantitative estimate of drug-likeness (QED) is 0.467. The molecule has 0 aromatic rings. The van der Waals surface area contributed by atoms with Gasteiger partial charge in [-0.3, -0.25) is 0 Å². The number of halogens is 6. The Morgan fingerprint density at radius 1 is 1.14 bits per heavy atom. The fourth-order valence-corrected chi connectivity index (χ4v) is 0.762. The van der Waals surface area contributed by atoms with Gasteiger partial charge in [-0.25, -0.2) is 0 Å². The minimum atomic E-state index is -5.04. The Bertz CT molecular complexity index is 157. The zero-order valence-electron chi connectivity index (χ0n) is 7.91. The van der Waals surface area contributed by atoms with E-state index in [1.807, 2.05) is 0 Å².